The van der Waals surface area contributed by atoms with Gasteiger partial charge in [0.05, 0.1) is 0 Å². The van der Waals surface area contributed by atoms with Crippen molar-refractivity contribution in [3.8, 4) is 0 Å². The highest BCUT2D eigenvalue weighted by molar-refractivity contribution is 9.10. The summed E-state index contributed by atoms with van der Waals surface area (Å²) < 4.78 is 1.01. The van der Waals surface area contributed by atoms with Crippen LogP contribution in [0.1, 0.15) is 23.2 Å². The number of fused-ring (bicyclic) bond motifs is 1. The molecule has 110 valence electrons. The van der Waals surface area contributed by atoms with Crippen LogP contribution in [0.15, 0.2) is 28.7 Å². The average molecular weight is 360 g/mol. The predicted octanol–water partition coefficient (Wildman–Crippen LogP) is 2.94. The molecule has 0 aliphatic carbocycles. The minimum atomic E-state index is 0. The van der Waals surface area contributed by atoms with Gasteiger partial charge in [0.2, 0.25) is 0 Å². The van der Waals surface area contributed by atoms with Gasteiger partial charge in [0.1, 0.15) is 0 Å². The minimum absolute atomic E-state index is 0. The van der Waals surface area contributed by atoms with E-state index >= 15 is 0 Å². The topological polar surface area (TPSA) is 32.3 Å². The lowest BCUT2D eigenvalue weighted by Gasteiger charge is -2.21. The number of nitrogens with one attached hydrogen (secondary N) is 1. The number of nitrogens with zero attached hydrogens (tertiary/aromatic N) is 1. The third kappa shape index (κ3) is 3.35. The molecule has 3 rings (SSSR count). The van der Waals surface area contributed by atoms with Crippen molar-refractivity contribution in [2.45, 2.75) is 12.8 Å². The van der Waals surface area contributed by atoms with Crippen LogP contribution in [-0.2, 0) is 0 Å². The van der Waals surface area contributed by atoms with Crippen molar-refractivity contribution < 1.29 is 4.79 Å². The van der Waals surface area contributed by atoms with E-state index in [-0.39, 0.29) is 18.3 Å². The smallest absolute Gasteiger partial charge is 0.253 e. The van der Waals surface area contributed by atoms with Gasteiger partial charge in [-0.2, -0.15) is 0 Å². The normalized spacial score (nSPS) is 25.6. The van der Waals surface area contributed by atoms with Crippen molar-refractivity contribution in [2.24, 2.45) is 11.8 Å². The third-order valence-corrected chi connectivity index (χ3v) is 4.93. The van der Waals surface area contributed by atoms with Gasteiger partial charge < -0.3 is 10.2 Å². The molecule has 3 nitrogen and oxygen atoms in total. The molecule has 0 aromatic heterocycles. The average Bonchev–Trinajstić information content (AvgIpc) is 2.78. The summed E-state index contributed by atoms with van der Waals surface area (Å²) in [6.45, 7) is 4.06. The summed E-state index contributed by atoms with van der Waals surface area (Å²) in [6, 6.07) is 7.67. The van der Waals surface area contributed by atoms with E-state index < -0.39 is 0 Å². The van der Waals surface area contributed by atoms with Crippen LogP contribution in [0.4, 0.5) is 0 Å². The predicted molar refractivity (Wildman–Crippen MR) is 86.4 cm³/mol. The minimum Gasteiger partial charge on any atom is -0.339 e. The second kappa shape index (κ2) is 6.92. The lowest BCUT2D eigenvalue weighted by Crippen LogP contribution is -2.32. The molecule has 1 aromatic carbocycles. The summed E-state index contributed by atoms with van der Waals surface area (Å²) >= 11 is 3.40. The van der Waals surface area contributed by atoms with E-state index in [0.29, 0.717) is 0 Å². The van der Waals surface area contributed by atoms with Gasteiger partial charge in [-0.1, -0.05) is 15.9 Å². The Labute approximate surface area is 134 Å². The highest BCUT2D eigenvalue weighted by Crippen LogP contribution is 2.27. The number of amides is 1. The molecular weight excluding hydrogens is 340 g/mol. The molecule has 2 aliphatic rings. The molecule has 5 heteroatoms. The second-order valence-electron chi connectivity index (χ2n) is 5.55. The highest BCUT2D eigenvalue weighted by atomic mass is 79.9. The first-order valence-corrected chi connectivity index (χ1v) is 7.79. The lowest BCUT2D eigenvalue weighted by molar-refractivity contribution is 0.0758. The molecular formula is C15H20BrClN2O. The molecule has 2 aliphatic heterocycles. The summed E-state index contributed by atoms with van der Waals surface area (Å²) in [5.74, 6) is 1.71. The first kappa shape index (κ1) is 15.8. The standard InChI is InChI=1S/C15H19BrN2O.ClH/c16-14-3-1-11(2-4-14)15(19)18-7-5-12-9-17-10-13(12)6-8-18;/h1-4,12-13,17H,5-10H2;1H/t12-,13+;. The Morgan fingerprint density at radius 2 is 1.65 bits per heavy atom. The molecule has 2 fully saturated rings. The monoisotopic (exact) mass is 358 g/mol. The molecule has 1 amide bonds. The molecule has 0 bridgehead atoms. The Balaban J connectivity index is 0.00000147. The van der Waals surface area contributed by atoms with Crippen LogP contribution in [0.5, 0.6) is 0 Å². The fraction of sp³-hybridized carbons (Fsp3) is 0.533. The molecule has 1 N–H and O–H groups in total. The van der Waals surface area contributed by atoms with E-state index in [9.17, 15) is 4.79 Å². The Morgan fingerprint density at radius 1 is 1.10 bits per heavy atom. The zero-order chi connectivity index (χ0) is 13.2. The van der Waals surface area contributed by atoms with Crippen molar-refractivity contribution in [1.82, 2.24) is 10.2 Å². The van der Waals surface area contributed by atoms with E-state index in [2.05, 4.69) is 21.2 Å². The molecule has 2 heterocycles. The van der Waals surface area contributed by atoms with Crippen LogP contribution in [0.3, 0.4) is 0 Å². The number of halogens is 2. The van der Waals surface area contributed by atoms with Crippen molar-refractivity contribution in [3.05, 3.63) is 34.3 Å². The number of carbonyl (C=O) groups is 1. The summed E-state index contributed by atoms with van der Waals surface area (Å²) in [4.78, 5) is 14.5. The second-order valence-corrected chi connectivity index (χ2v) is 6.47. The van der Waals surface area contributed by atoms with E-state index in [1.807, 2.05) is 29.2 Å². The van der Waals surface area contributed by atoms with Crippen molar-refractivity contribution in [1.29, 1.82) is 0 Å². The summed E-state index contributed by atoms with van der Waals surface area (Å²) in [5.41, 5.74) is 0.799. The van der Waals surface area contributed by atoms with Crippen LogP contribution < -0.4 is 5.32 Å². The zero-order valence-corrected chi connectivity index (χ0v) is 13.8. The van der Waals surface area contributed by atoms with E-state index in [1.165, 1.54) is 0 Å². The Bertz CT molecular complexity index is 451. The lowest BCUT2D eigenvalue weighted by atomic mass is 9.92. The Morgan fingerprint density at radius 3 is 2.20 bits per heavy atom. The summed E-state index contributed by atoms with van der Waals surface area (Å²) in [6.07, 6.45) is 2.28. The SMILES string of the molecule is Cl.O=C(c1ccc(Br)cc1)N1CC[C@@H]2CNC[C@@H]2CC1. The molecule has 0 saturated carbocycles. The number of benzene rings is 1. The maximum absolute atomic E-state index is 12.5. The van der Waals surface area contributed by atoms with Gasteiger partial charge >= 0.3 is 0 Å². The number of likely N-dealkylation sites (tertiary alicyclic amines) is 1. The van der Waals surface area contributed by atoms with E-state index in [0.717, 1.165) is 60.9 Å². The summed E-state index contributed by atoms with van der Waals surface area (Å²) in [5, 5.41) is 3.47. The fourth-order valence-corrected chi connectivity index (χ4v) is 3.46. The molecule has 0 spiro atoms. The van der Waals surface area contributed by atoms with E-state index in [4.69, 9.17) is 0 Å². The van der Waals surface area contributed by atoms with Crippen LogP contribution in [-0.4, -0.2) is 37.0 Å². The first-order valence-electron chi connectivity index (χ1n) is 6.99. The molecule has 0 radical (unpaired) electrons. The Hall–Kier alpha value is -0.580. The van der Waals surface area contributed by atoms with Crippen LogP contribution in [0.25, 0.3) is 0 Å². The number of hydrogen-bond acceptors (Lipinski definition) is 2. The fourth-order valence-electron chi connectivity index (χ4n) is 3.20. The molecule has 0 unspecified atom stereocenters. The quantitative estimate of drug-likeness (QED) is 0.836. The zero-order valence-electron chi connectivity index (χ0n) is 11.3. The maximum atomic E-state index is 12.5. The largest absolute Gasteiger partial charge is 0.339 e. The Kier molecular flexibility index (Phi) is 5.47. The van der Waals surface area contributed by atoms with Gasteiger partial charge in [-0.15, -0.1) is 12.4 Å². The van der Waals surface area contributed by atoms with Crippen LogP contribution >= 0.6 is 28.3 Å². The van der Waals surface area contributed by atoms with Gasteiger partial charge in [0.25, 0.3) is 5.91 Å². The number of carbonyl (C=O) groups excluding carboxylic acids is 1. The van der Waals surface area contributed by atoms with Crippen molar-refractivity contribution in [2.75, 3.05) is 26.2 Å². The van der Waals surface area contributed by atoms with Crippen molar-refractivity contribution >= 4 is 34.2 Å². The third-order valence-electron chi connectivity index (χ3n) is 4.40. The van der Waals surface area contributed by atoms with Gasteiger partial charge in [0, 0.05) is 23.1 Å². The van der Waals surface area contributed by atoms with Gasteiger partial charge in [-0.3, -0.25) is 4.79 Å². The summed E-state index contributed by atoms with van der Waals surface area (Å²) in [7, 11) is 0. The molecule has 20 heavy (non-hydrogen) atoms. The molecule has 1 aromatic rings. The van der Waals surface area contributed by atoms with Crippen LogP contribution in [0, 0.1) is 11.8 Å². The van der Waals surface area contributed by atoms with Gasteiger partial charge in [-0.25, -0.2) is 0 Å². The van der Waals surface area contributed by atoms with E-state index in [1.54, 1.807) is 0 Å². The molecule has 2 saturated heterocycles. The maximum Gasteiger partial charge on any atom is 0.253 e. The molecule has 2 atom stereocenters. The number of rotatable bonds is 1. The van der Waals surface area contributed by atoms with Gasteiger partial charge in [-0.05, 0) is 62.0 Å². The van der Waals surface area contributed by atoms with Gasteiger partial charge in [0.15, 0.2) is 0 Å². The van der Waals surface area contributed by atoms with Crippen LogP contribution in [0.2, 0.25) is 0 Å². The van der Waals surface area contributed by atoms with Crippen molar-refractivity contribution in [3.63, 3.8) is 0 Å². The number of hydrogen-bond donors (Lipinski definition) is 1. The first-order chi connectivity index (χ1) is 9.24. The highest BCUT2D eigenvalue weighted by Gasteiger charge is 2.31.